The molecule has 0 saturated carbocycles. The van der Waals surface area contributed by atoms with Crippen molar-refractivity contribution >= 4 is 49.3 Å². The molecule has 0 N–H and O–H groups in total. The summed E-state index contributed by atoms with van der Waals surface area (Å²) in [5.74, 6) is 3.26. The van der Waals surface area contributed by atoms with E-state index in [0.29, 0.717) is 46.2 Å². The zero-order valence-electron chi connectivity index (χ0n) is 44.9. The van der Waals surface area contributed by atoms with Gasteiger partial charge in [-0.3, -0.25) is 0 Å². The zero-order chi connectivity index (χ0) is 56.1. The van der Waals surface area contributed by atoms with E-state index in [2.05, 4.69) is 111 Å². The molecule has 0 unspecified atom stereocenters. The lowest BCUT2D eigenvalue weighted by atomic mass is 9.95. The first-order valence-corrected chi connectivity index (χ1v) is 27.5. The standard InChI is InChI=1S/C74H44N10/c1-76-57-35-38-67-62(45-57)60-30-15-17-32-65(60)84(67)68-37-34-54(44-63(68)74-81-71(50-23-10-4-11-24-50)78-72(82-74)51-25-12-5-13-26-51)52-27-18-28-53(40-52)55-41-56(73-79-69(48-19-6-2-7-20-48)77-70(80-73)49-21-8-3-9-22-49)43-58(42-55)83-64-31-16-14-29-59(64)61-39-47(46-75)33-36-66(61)83/h2-45H. The van der Waals surface area contributed by atoms with Crippen molar-refractivity contribution in [2.45, 2.75) is 0 Å². The molecule has 0 aliphatic heterocycles. The maximum atomic E-state index is 10.1. The highest BCUT2D eigenvalue weighted by Gasteiger charge is 2.23. The second-order valence-corrected chi connectivity index (χ2v) is 20.5. The molecule has 0 aliphatic rings. The fourth-order valence-corrected chi connectivity index (χ4v) is 11.5. The Morgan fingerprint density at radius 1 is 0.310 bits per heavy atom. The van der Waals surface area contributed by atoms with Gasteiger partial charge in [0.05, 0.1) is 46.0 Å². The van der Waals surface area contributed by atoms with Crippen LogP contribution in [0, 0.1) is 17.9 Å². The number of aromatic nitrogens is 8. The van der Waals surface area contributed by atoms with Gasteiger partial charge in [-0.25, -0.2) is 34.7 Å². The van der Waals surface area contributed by atoms with Gasteiger partial charge in [0.1, 0.15) is 0 Å². The Morgan fingerprint density at radius 2 is 0.726 bits per heavy atom. The second-order valence-electron chi connectivity index (χ2n) is 20.5. The van der Waals surface area contributed by atoms with E-state index in [1.54, 1.807) is 0 Å². The van der Waals surface area contributed by atoms with Crippen LogP contribution < -0.4 is 0 Å². The van der Waals surface area contributed by atoms with Gasteiger partial charge in [0.2, 0.25) is 0 Å². The Bertz CT molecular complexity index is 5040. The molecule has 0 radical (unpaired) electrons. The Kier molecular flexibility index (Phi) is 12.0. The number of nitriles is 1. The summed E-state index contributed by atoms with van der Waals surface area (Å²) in [7, 11) is 0. The summed E-state index contributed by atoms with van der Waals surface area (Å²) < 4.78 is 4.53. The molecule has 10 nitrogen and oxygen atoms in total. The summed E-state index contributed by atoms with van der Waals surface area (Å²) in [5, 5.41) is 14.1. The molecule has 15 rings (SSSR count). The summed E-state index contributed by atoms with van der Waals surface area (Å²) in [6.45, 7) is 7.92. The number of hydrogen-bond acceptors (Lipinski definition) is 7. The quantitative estimate of drug-likeness (QED) is 0.125. The molecule has 4 heterocycles. The Morgan fingerprint density at radius 3 is 1.29 bits per heavy atom. The lowest BCUT2D eigenvalue weighted by Crippen LogP contribution is -2.04. The van der Waals surface area contributed by atoms with Gasteiger partial charge in [-0.05, 0) is 107 Å². The van der Waals surface area contributed by atoms with Gasteiger partial charge in [-0.15, -0.1) is 0 Å². The number of para-hydroxylation sites is 2. The molecule has 0 atom stereocenters. The van der Waals surface area contributed by atoms with Gasteiger partial charge in [-0.2, -0.15) is 5.26 Å². The van der Waals surface area contributed by atoms with E-state index in [9.17, 15) is 5.26 Å². The van der Waals surface area contributed by atoms with Crippen molar-refractivity contribution in [1.29, 1.82) is 5.26 Å². The minimum absolute atomic E-state index is 0.506. The minimum Gasteiger partial charge on any atom is -0.309 e. The third-order valence-electron chi connectivity index (χ3n) is 15.4. The number of fused-ring (bicyclic) bond motifs is 6. The maximum absolute atomic E-state index is 10.1. The van der Waals surface area contributed by atoms with Crippen LogP contribution in [0.1, 0.15) is 5.56 Å². The van der Waals surface area contributed by atoms with Gasteiger partial charge in [0.25, 0.3) is 0 Å². The Hall–Kier alpha value is -12.0. The lowest BCUT2D eigenvalue weighted by Gasteiger charge is -2.17. The van der Waals surface area contributed by atoms with E-state index in [1.165, 1.54) is 0 Å². The van der Waals surface area contributed by atoms with Gasteiger partial charge >= 0.3 is 0 Å². The molecule has 10 heteroatoms. The summed E-state index contributed by atoms with van der Waals surface area (Å²) in [4.78, 5) is 35.1. The molecule has 4 aromatic heterocycles. The molecule has 0 fully saturated rings. The van der Waals surface area contributed by atoms with Gasteiger partial charge in [0.15, 0.2) is 40.6 Å². The van der Waals surface area contributed by atoms with Crippen molar-refractivity contribution in [1.82, 2.24) is 39.0 Å². The molecule has 0 amide bonds. The normalized spacial score (nSPS) is 11.3. The molecule has 0 spiro atoms. The molecule has 15 aromatic rings. The summed E-state index contributed by atoms with van der Waals surface area (Å²) >= 11 is 0. The van der Waals surface area contributed by atoms with Gasteiger partial charge in [0, 0.05) is 55.2 Å². The van der Waals surface area contributed by atoms with Crippen LogP contribution in [0.4, 0.5) is 5.69 Å². The predicted octanol–water partition coefficient (Wildman–Crippen LogP) is 18.0. The fraction of sp³-hybridized carbons (Fsp3) is 0. The van der Waals surface area contributed by atoms with E-state index < -0.39 is 0 Å². The minimum atomic E-state index is 0.506. The molecular formula is C74H44N10. The van der Waals surface area contributed by atoms with Crippen molar-refractivity contribution in [2.24, 2.45) is 0 Å². The summed E-state index contributed by atoms with van der Waals surface area (Å²) in [6.07, 6.45) is 0. The van der Waals surface area contributed by atoms with E-state index in [4.69, 9.17) is 36.5 Å². The average molecular weight is 1070 g/mol. The van der Waals surface area contributed by atoms with Gasteiger partial charge in [-0.1, -0.05) is 188 Å². The first-order chi connectivity index (χ1) is 41.5. The smallest absolute Gasteiger partial charge is 0.188 e. The second kappa shape index (κ2) is 20.6. The topological polar surface area (TPSA) is 115 Å². The van der Waals surface area contributed by atoms with Crippen molar-refractivity contribution in [2.75, 3.05) is 0 Å². The highest BCUT2D eigenvalue weighted by Crippen LogP contribution is 2.42. The molecule has 0 bridgehead atoms. The number of hydrogen-bond donors (Lipinski definition) is 0. The highest BCUT2D eigenvalue weighted by atomic mass is 15.1. The predicted molar refractivity (Wildman–Crippen MR) is 336 cm³/mol. The van der Waals surface area contributed by atoms with Crippen molar-refractivity contribution < 1.29 is 0 Å². The Labute approximate surface area is 483 Å². The van der Waals surface area contributed by atoms with Crippen LogP contribution in [0.25, 0.3) is 150 Å². The van der Waals surface area contributed by atoms with Crippen LogP contribution in [0.15, 0.2) is 267 Å². The maximum Gasteiger partial charge on any atom is 0.188 e. The third-order valence-corrected chi connectivity index (χ3v) is 15.4. The van der Waals surface area contributed by atoms with E-state index in [1.807, 2.05) is 176 Å². The largest absolute Gasteiger partial charge is 0.309 e. The lowest BCUT2D eigenvalue weighted by molar-refractivity contribution is 1.06. The van der Waals surface area contributed by atoms with Crippen LogP contribution in [-0.4, -0.2) is 39.0 Å². The molecular weight excluding hydrogens is 1030 g/mol. The van der Waals surface area contributed by atoms with Crippen LogP contribution in [0.3, 0.4) is 0 Å². The van der Waals surface area contributed by atoms with Crippen molar-refractivity contribution in [3.63, 3.8) is 0 Å². The zero-order valence-corrected chi connectivity index (χ0v) is 44.9. The van der Waals surface area contributed by atoms with Crippen molar-refractivity contribution in [3.05, 3.63) is 284 Å². The van der Waals surface area contributed by atoms with E-state index >= 15 is 0 Å². The van der Waals surface area contributed by atoms with Crippen LogP contribution in [0.5, 0.6) is 0 Å². The Balaban J connectivity index is 0.958. The average Bonchev–Trinajstić information content (AvgIpc) is 4.17. The fourth-order valence-electron chi connectivity index (χ4n) is 11.5. The number of rotatable bonds is 10. The van der Waals surface area contributed by atoms with Crippen LogP contribution in [0.2, 0.25) is 0 Å². The van der Waals surface area contributed by atoms with Crippen LogP contribution in [-0.2, 0) is 0 Å². The van der Waals surface area contributed by atoms with Gasteiger partial charge < -0.3 is 9.13 Å². The molecule has 0 saturated heterocycles. The molecule has 0 aliphatic carbocycles. The highest BCUT2D eigenvalue weighted by molar-refractivity contribution is 6.11. The SMILES string of the molecule is [C-]#[N+]c1ccc2c(c1)c1ccccc1n2-c1ccc(-c2cccc(-c3cc(-c4nc(-c5ccccc5)nc(-c5ccccc5)n4)cc(-n4c5ccccc5c5cc(C#N)ccc54)c3)c2)cc1-c1nc(-c2ccccc2)nc(-c2ccccc2)n1. The van der Waals surface area contributed by atoms with E-state index in [0.717, 1.165) is 111 Å². The summed E-state index contributed by atoms with van der Waals surface area (Å²) in [6, 6.07) is 92.6. The first-order valence-electron chi connectivity index (χ1n) is 27.5. The van der Waals surface area contributed by atoms with Crippen molar-refractivity contribution in [3.8, 4) is 108 Å². The van der Waals surface area contributed by atoms with Crippen LogP contribution >= 0.6 is 0 Å². The molecule has 390 valence electrons. The monoisotopic (exact) mass is 1070 g/mol. The van der Waals surface area contributed by atoms with E-state index in [-0.39, 0.29) is 0 Å². The summed E-state index contributed by atoms with van der Waals surface area (Å²) in [5.41, 5.74) is 15.7. The first kappa shape index (κ1) is 49.1. The molecule has 11 aromatic carbocycles. The molecule has 84 heavy (non-hydrogen) atoms. The third kappa shape index (κ3) is 8.77. The number of benzene rings is 11. The number of nitrogens with zero attached hydrogens (tertiary/aromatic N) is 10.